The minimum Gasteiger partial charge on any atom is -0.494 e. The smallest absolute Gasteiger partial charge is 0.202 e. The van der Waals surface area contributed by atoms with Crippen molar-refractivity contribution in [1.29, 1.82) is 0 Å². The summed E-state index contributed by atoms with van der Waals surface area (Å²) in [6.45, 7) is 3.68. The van der Waals surface area contributed by atoms with Gasteiger partial charge in [0.1, 0.15) is 6.10 Å². The topological polar surface area (TPSA) is 44.8 Å². The van der Waals surface area contributed by atoms with E-state index in [0.29, 0.717) is 18.6 Å². The maximum absolute atomic E-state index is 11.8. The Balaban J connectivity index is 3.06. The summed E-state index contributed by atoms with van der Waals surface area (Å²) in [7, 11) is 4.58. The number of methoxy groups -OCH3 is 3. The number of hydrogen-bond acceptors (Lipinski definition) is 4. The molecule has 0 fully saturated rings. The standard InChI is InChI=1S/C12H18O4/c1-5-6-8-7-9(13)11(15-3)12(16-4)10(8)14-2/h5,8,10H,1,6-7H2,2-4H3. The Morgan fingerprint density at radius 1 is 1.38 bits per heavy atom. The molecule has 0 amide bonds. The van der Waals surface area contributed by atoms with Crippen LogP contribution < -0.4 is 0 Å². The van der Waals surface area contributed by atoms with E-state index in [2.05, 4.69) is 6.58 Å². The van der Waals surface area contributed by atoms with Crippen LogP contribution in [0.1, 0.15) is 12.8 Å². The van der Waals surface area contributed by atoms with Crippen LogP contribution in [0.25, 0.3) is 0 Å². The molecular formula is C12H18O4. The van der Waals surface area contributed by atoms with Gasteiger partial charge in [0.05, 0.1) is 14.2 Å². The molecule has 0 spiro atoms. The summed E-state index contributed by atoms with van der Waals surface area (Å²) in [6.07, 6.45) is 2.67. The molecule has 1 aliphatic carbocycles. The molecule has 1 aliphatic rings. The molecule has 0 aliphatic heterocycles. The van der Waals surface area contributed by atoms with Gasteiger partial charge in [-0.25, -0.2) is 0 Å². The molecule has 0 bridgehead atoms. The predicted molar refractivity (Wildman–Crippen MR) is 59.8 cm³/mol. The number of allylic oxidation sites excluding steroid dienone is 2. The lowest BCUT2D eigenvalue weighted by Crippen LogP contribution is -2.35. The van der Waals surface area contributed by atoms with Crippen LogP contribution in [-0.4, -0.2) is 33.2 Å². The Morgan fingerprint density at radius 2 is 2.06 bits per heavy atom. The van der Waals surface area contributed by atoms with Crippen LogP contribution in [0.5, 0.6) is 0 Å². The van der Waals surface area contributed by atoms with Crippen LogP contribution in [-0.2, 0) is 19.0 Å². The van der Waals surface area contributed by atoms with E-state index in [1.54, 1.807) is 13.2 Å². The van der Waals surface area contributed by atoms with Gasteiger partial charge in [-0.3, -0.25) is 4.79 Å². The number of ether oxygens (including phenoxy) is 3. The molecule has 0 aromatic carbocycles. The highest BCUT2D eigenvalue weighted by atomic mass is 16.5. The molecule has 2 unspecified atom stereocenters. The van der Waals surface area contributed by atoms with E-state index in [9.17, 15) is 4.79 Å². The van der Waals surface area contributed by atoms with Gasteiger partial charge in [-0.15, -0.1) is 6.58 Å². The highest BCUT2D eigenvalue weighted by molar-refractivity contribution is 5.95. The van der Waals surface area contributed by atoms with Crippen molar-refractivity contribution in [2.75, 3.05) is 21.3 Å². The van der Waals surface area contributed by atoms with E-state index >= 15 is 0 Å². The number of ketones is 1. The summed E-state index contributed by atoms with van der Waals surface area (Å²) in [6, 6.07) is 0. The maximum atomic E-state index is 11.8. The third-order valence-electron chi connectivity index (χ3n) is 2.76. The van der Waals surface area contributed by atoms with Crippen LogP contribution in [0.3, 0.4) is 0 Å². The molecule has 90 valence electrons. The van der Waals surface area contributed by atoms with Gasteiger partial charge in [-0.1, -0.05) is 6.08 Å². The van der Waals surface area contributed by atoms with Crippen LogP contribution in [0, 0.1) is 5.92 Å². The summed E-state index contributed by atoms with van der Waals surface area (Å²) in [5.41, 5.74) is 0. The van der Waals surface area contributed by atoms with Crippen molar-refractivity contribution < 1.29 is 19.0 Å². The van der Waals surface area contributed by atoms with Gasteiger partial charge in [0, 0.05) is 19.4 Å². The molecule has 1 rings (SSSR count). The molecule has 0 saturated heterocycles. The largest absolute Gasteiger partial charge is 0.494 e. The average Bonchev–Trinajstić information content (AvgIpc) is 2.28. The highest BCUT2D eigenvalue weighted by Crippen LogP contribution is 2.32. The molecule has 2 atom stereocenters. The number of carbonyl (C=O) groups excluding carboxylic acids is 1. The molecule has 4 heteroatoms. The number of Topliss-reactive ketones (excluding diaryl/α,β-unsaturated/α-hetero) is 1. The molecule has 0 aromatic rings. The lowest BCUT2D eigenvalue weighted by molar-refractivity contribution is -0.123. The van der Waals surface area contributed by atoms with E-state index in [0.717, 1.165) is 0 Å². The Bertz CT molecular complexity index is 306. The van der Waals surface area contributed by atoms with Crippen LogP contribution in [0.4, 0.5) is 0 Å². The number of carbonyl (C=O) groups is 1. The van der Waals surface area contributed by atoms with E-state index in [1.165, 1.54) is 14.2 Å². The first-order chi connectivity index (χ1) is 7.69. The highest BCUT2D eigenvalue weighted by Gasteiger charge is 2.37. The minimum atomic E-state index is -0.240. The van der Waals surface area contributed by atoms with Crippen molar-refractivity contribution in [1.82, 2.24) is 0 Å². The Hall–Kier alpha value is -1.29. The summed E-state index contributed by atoms with van der Waals surface area (Å²) in [5.74, 6) is 0.783. The fourth-order valence-electron chi connectivity index (χ4n) is 2.06. The molecule has 16 heavy (non-hydrogen) atoms. The summed E-state index contributed by atoms with van der Waals surface area (Å²) in [5, 5.41) is 0. The zero-order chi connectivity index (χ0) is 12.1. The van der Waals surface area contributed by atoms with Gasteiger partial charge >= 0.3 is 0 Å². The Labute approximate surface area is 95.9 Å². The van der Waals surface area contributed by atoms with Gasteiger partial charge in [0.25, 0.3) is 0 Å². The van der Waals surface area contributed by atoms with Gasteiger partial charge in [0.15, 0.2) is 5.76 Å². The monoisotopic (exact) mass is 226 g/mol. The van der Waals surface area contributed by atoms with Crippen LogP contribution in [0.15, 0.2) is 24.2 Å². The molecule has 4 nitrogen and oxygen atoms in total. The summed E-state index contributed by atoms with van der Waals surface area (Å²) < 4.78 is 15.7. The van der Waals surface area contributed by atoms with Crippen LogP contribution >= 0.6 is 0 Å². The van der Waals surface area contributed by atoms with Gasteiger partial charge < -0.3 is 14.2 Å². The van der Waals surface area contributed by atoms with Crippen LogP contribution in [0.2, 0.25) is 0 Å². The Morgan fingerprint density at radius 3 is 2.50 bits per heavy atom. The van der Waals surface area contributed by atoms with Crippen molar-refractivity contribution in [2.45, 2.75) is 18.9 Å². The first-order valence-corrected chi connectivity index (χ1v) is 5.18. The molecule has 0 heterocycles. The van der Waals surface area contributed by atoms with E-state index in [1.807, 2.05) is 0 Å². The molecular weight excluding hydrogens is 208 g/mol. The quantitative estimate of drug-likeness (QED) is 0.669. The molecule has 0 radical (unpaired) electrons. The zero-order valence-corrected chi connectivity index (χ0v) is 9.99. The second-order valence-electron chi connectivity index (χ2n) is 3.67. The lowest BCUT2D eigenvalue weighted by Gasteiger charge is -2.31. The van der Waals surface area contributed by atoms with Gasteiger partial charge in [-0.05, 0) is 6.42 Å². The third-order valence-corrected chi connectivity index (χ3v) is 2.76. The molecule has 0 saturated carbocycles. The third kappa shape index (κ3) is 2.27. The second-order valence-corrected chi connectivity index (χ2v) is 3.67. The van der Waals surface area contributed by atoms with Gasteiger partial charge in [-0.2, -0.15) is 0 Å². The first kappa shape index (κ1) is 12.8. The fraction of sp³-hybridized carbons (Fsp3) is 0.583. The molecule has 0 aromatic heterocycles. The number of hydrogen-bond donors (Lipinski definition) is 0. The maximum Gasteiger partial charge on any atom is 0.202 e. The summed E-state index contributed by atoms with van der Waals surface area (Å²) in [4.78, 5) is 11.8. The number of rotatable bonds is 5. The molecule has 0 N–H and O–H groups in total. The van der Waals surface area contributed by atoms with Crippen molar-refractivity contribution in [3.05, 3.63) is 24.2 Å². The van der Waals surface area contributed by atoms with E-state index in [-0.39, 0.29) is 23.6 Å². The van der Waals surface area contributed by atoms with E-state index in [4.69, 9.17) is 14.2 Å². The second kappa shape index (κ2) is 5.70. The fourth-order valence-corrected chi connectivity index (χ4v) is 2.06. The van der Waals surface area contributed by atoms with Gasteiger partial charge in [0.2, 0.25) is 11.5 Å². The minimum absolute atomic E-state index is 0.0421. The lowest BCUT2D eigenvalue weighted by atomic mass is 9.85. The zero-order valence-electron chi connectivity index (χ0n) is 9.99. The average molecular weight is 226 g/mol. The predicted octanol–water partition coefficient (Wildman–Crippen LogP) is 1.67. The first-order valence-electron chi connectivity index (χ1n) is 5.18. The SMILES string of the molecule is C=CCC1CC(=O)C(OC)=C(OC)C1OC. The van der Waals surface area contributed by atoms with E-state index < -0.39 is 0 Å². The van der Waals surface area contributed by atoms with Crippen molar-refractivity contribution in [2.24, 2.45) is 5.92 Å². The van der Waals surface area contributed by atoms with Crippen molar-refractivity contribution in [3.8, 4) is 0 Å². The van der Waals surface area contributed by atoms with Crippen molar-refractivity contribution in [3.63, 3.8) is 0 Å². The Kier molecular flexibility index (Phi) is 4.55. The van der Waals surface area contributed by atoms with Crippen molar-refractivity contribution >= 4 is 5.78 Å². The summed E-state index contributed by atoms with van der Waals surface area (Å²) >= 11 is 0. The normalized spacial score (nSPS) is 25.6.